The Hall–Kier alpha value is -3.27. The van der Waals surface area contributed by atoms with Gasteiger partial charge in [-0.15, -0.1) is 0 Å². The first-order valence-electron chi connectivity index (χ1n) is 13.2. The average Bonchev–Trinajstić information content (AvgIpc) is 2.95. The molecule has 0 spiro atoms. The van der Waals surface area contributed by atoms with E-state index in [1.807, 2.05) is 13.8 Å². The lowest BCUT2D eigenvalue weighted by atomic mass is 10.1. The van der Waals surface area contributed by atoms with Crippen molar-refractivity contribution in [2.75, 3.05) is 24.5 Å². The van der Waals surface area contributed by atoms with Crippen LogP contribution in [0, 0.1) is 6.92 Å². The zero-order valence-corrected chi connectivity index (χ0v) is 25.9. The highest BCUT2D eigenvalue weighted by molar-refractivity contribution is 7.92. The number of unbranched alkanes of at least 4 members (excludes halogenated alkanes) is 1. The third-order valence-corrected chi connectivity index (χ3v) is 8.82. The summed E-state index contributed by atoms with van der Waals surface area (Å²) in [6.07, 6.45) is 1.69. The molecule has 41 heavy (non-hydrogen) atoms. The number of methoxy groups -OCH3 is 1. The quantitative estimate of drug-likeness (QED) is 0.243. The fourth-order valence-corrected chi connectivity index (χ4v) is 5.82. The van der Waals surface area contributed by atoms with Crippen molar-refractivity contribution in [2.24, 2.45) is 0 Å². The first kappa shape index (κ1) is 32.2. The highest BCUT2D eigenvalue weighted by Crippen LogP contribution is 2.35. The summed E-state index contributed by atoms with van der Waals surface area (Å²) in [6.45, 7) is 5.40. The number of carbonyl (C=O) groups excluding carboxylic acids is 2. The van der Waals surface area contributed by atoms with Gasteiger partial charge >= 0.3 is 0 Å². The minimum atomic E-state index is -4.26. The first-order valence-corrected chi connectivity index (χ1v) is 15.4. The van der Waals surface area contributed by atoms with E-state index in [9.17, 15) is 18.0 Å². The summed E-state index contributed by atoms with van der Waals surface area (Å²) in [7, 11) is -2.86. The fourth-order valence-electron chi connectivity index (χ4n) is 4.11. The van der Waals surface area contributed by atoms with Crippen LogP contribution in [0.2, 0.25) is 10.0 Å². The Kier molecular flexibility index (Phi) is 11.5. The summed E-state index contributed by atoms with van der Waals surface area (Å²) in [5.74, 6) is -0.711. The van der Waals surface area contributed by atoms with Gasteiger partial charge in [-0.2, -0.15) is 0 Å². The molecule has 3 aromatic rings. The number of rotatable bonds is 13. The molecule has 11 heteroatoms. The summed E-state index contributed by atoms with van der Waals surface area (Å²) >= 11 is 12.3. The molecule has 3 aromatic carbocycles. The molecule has 0 aliphatic rings. The number of amides is 2. The second-order valence-electron chi connectivity index (χ2n) is 9.61. The van der Waals surface area contributed by atoms with Crippen molar-refractivity contribution in [1.29, 1.82) is 0 Å². The van der Waals surface area contributed by atoms with Crippen LogP contribution >= 0.6 is 23.2 Å². The molecule has 1 N–H and O–H groups in total. The number of aryl methyl sites for hydroxylation is 1. The smallest absolute Gasteiger partial charge is 0.264 e. The molecule has 0 saturated heterocycles. The molecule has 0 unspecified atom stereocenters. The number of nitrogens with one attached hydrogen (secondary N) is 1. The highest BCUT2D eigenvalue weighted by atomic mass is 35.5. The fraction of sp³-hybridized carbons (Fsp3) is 0.333. The number of benzene rings is 3. The number of nitrogens with zero attached hydrogens (tertiary/aromatic N) is 2. The number of hydrogen-bond donors (Lipinski definition) is 1. The van der Waals surface area contributed by atoms with Crippen molar-refractivity contribution >= 4 is 50.7 Å². The topological polar surface area (TPSA) is 96.0 Å². The van der Waals surface area contributed by atoms with Crippen LogP contribution in [0.5, 0.6) is 5.75 Å². The van der Waals surface area contributed by atoms with Gasteiger partial charge in [0.1, 0.15) is 18.3 Å². The predicted octanol–water partition coefficient (Wildman–Crippen LogP) is 5.84. The molecule has 8 nitrogen and oxygen atoms in total. The van der Waals surface area contributed by atoms with E-state index in [0.717, 1.165) is 28.3 Å². The highest BCUT2D eigenvalue weighted by Gasteiger charge is 2.34. The van der Waals surface area contributed by atoms with Crippen molar-refractivity contribution < 1.29 is 22.7 Å². The second kappa shape index (κ2) is 14.6. The van der Waals surface area contributed by atoms with Gasteiger partial charge in [0, 0.05) is 23.1 Å². The van der Waals surface area contributed by atoms with E-state index in [2.05, 4.69) is 5.32 Å². The van der Waals surface area contributed by atoms with Crippen LogP contribution < -0.4 is 14.4 Å². The number of hydrogen-bond acceptors (Lipinski definition) is 5. The number of ether oxygens (including phenoxy) is 1. The molecule has 0 heterocycles. The van der Waals surface area contributed by atoms with Crippen molar-refractivity contribution in [2.45, 2.75) is 51.1 Å². The van der Waals surface area contributed by atoms with Crippen LogP contribution in [-0.2, 0) is 26.2 Å². The normalized spacial score (nSPS) is 12.0. The lowest BCUT2D eigenvalue weighted by molar-refractivity contribution is -0.139. The van der Waals surface area contributed by atoms with Gasteiger partial charge < -0.3 is 15.0 Å². The first-order chi connectivity index (χ1) is 19.5. The zero-order chi connectivity index (χ0) is 30.2. The maximum atomic E-state index is 14.0. The average molecular weight is 621 g/mol. The number of anilines is 1. The summed E-state index contributed by atoms with van der Waals surface area (Å²) in [4.78, 5) is 28.4. The molecular weight excluding hydrogens is 585 g/mol. The van der Waals surface area contributed by atoms with E-state index in [1.165, 1.54) is 36.3 Å². The molecule has 2 amide bonds. The second-order valence-corrected chi connectivity index (χ2v) is 12.3. The maximum Gasteiger partial charge on any atom is 0.264 e. The molecule has 220 valence electrons. The molecule has 0 aromatic heterocycles. The molecule has 0 bridgehead atoms. The van der Waals surface area contributed by atoms with Crippen LogP contribution in [0.1, 0.15) is 37.8 Å². The van der Waals surface area contributed by atoms with Crippen molar-refractivity contribution in [1.82, 2.24) is 10.2 Å². The van der Waals surface area contributed by atoms with Gasteiger partial charge in [0.2, 0.25) is 11.8 Å². The zero-order valence-electron chi connectivity index (χ0n) is 23.6. The molecule has 3 rings (SSSR count). The van der Waals surface area contributed by atoms with Crippen molar-refractivity contribution in [3.05, 3.63) is 87.9 Å². The molecule has 0 radical (unpaired) electrons. The lowest BCUT2D eigenvalue weighted by Gasteiger charge is -2.32. The number of halogens is 2. The van der Waals surface area contributed by atoms with Crippen LogP contribution in [0.25, 0.3) is 0 Å². The molecule has 0 aliphatic heterocycles. The van der Waals surface area contributed by atoms with Gasteiger partial charge in [0.05, 0.1) is 17.7 Å². The van der Waals surface area contributed by atoms with Gasteiger partial charge in [-0.05, 0) is 68.3 Å². The van der Waals surface area contributed by atoms with E-state index in [4.69, 9.17) is 27.9 Å². The van der Waals surface area contributed by atoms with Gasteiger partial charge in [-0.3, -0.25) is 13.9 Å². The molecular formula is C30H35Cl2N3O5S. The van der Waals surface area contributed by atoms with Crippen LogP contribution in [0.15, 0.2) is 71.6 Å². The van der Waals surface area contributed by atoms with Crippen molar-refractivity contribution in [3.63, 3.8) is 0 Å². The lowest BCUT2D eigenvalue weighted by Crippen LogP contribution is -2.51. The summed E-state index contributed by atoms with van der Waals surface area (Å²) in [6, 6.07) is 16.9. The predicted molar refractivity (Wildman–Crippen MR) is 163 cm³/mol. The van der Waals surface area contributed by atoms with E-state index in [0.29, 0.717) is 11.6 Å². The van der Waals surface area contributed by atoms with E-state index < -0.39 is 28.5 Å². The standard InChI is InChI=1S/C30H35Cl2N3O5S/c1-5-6-17-33-30(37)22(3)34(19-23-9-11-24(31)12-10-23)29(36)20-35(27-18-25(32)13-16-28(27)40-4)41(38,39)26-14-7-21(2)8-15-26/h7-16,18,22H,5-6,17,19-20H2,1-4H3,(H,33,37)/t22-/m1/s1. The van der Waals surface area contributed by atoms with Crippen LogP contribution in [-0.4, -0.2) is 51.4 Å². The van der Waals surface area contributed by atoms with Gasteiger partial charge in [-0.25, -0.2) is 8.42 Å². The third kappa shape index (κ3) is 8.38. The molecule has 0 saturated carbocycles. The van der Waals surface area contributed by atoms with E-state index >= 15 is 0 Å². The van der Waals surface area contributed by atoms with Crippen LogP contribution in [0.4, 0.5) is 5.69 Å². The molecule has 1 atom stereocenters. The van der Waals surface area contributed by atoms with E-state index in [1.54, 1.807) is 49.4 Å². The minimum absolute atomic E-state index is 0.00691. The van der Waals surface area contributed by atoms with E-state index in [-0.39, 0.29) is 33.8 Å². The van der Waals surface area contributed by atoms with Crippen LogP contribution in [0.3, 0.4) is 0 Å². The Labute approximate surface area is 252 Å². The van der Waals surface area contributed by atoms with Gasteiger partial charge in [0.15, 0.2) is 0 Å². The number of sulfonamides is 1. The SMILES string of the molecule is CCCCNC(=O)[C@@H](C)N(Cc1ccc(Cl)cc1)C(=O)CN(c1cc(Cl)ccc1OC)S(=O)(=O)c1ccc(C)cc1. The largest absolute Gasteiger partial charge is 0.495 e. The Morgan fingerprint density at radius 2 is 1.61 bits per heavy atom. The minimum Gasteiger partial charge on any atom is -0.495 e. The number of carbonyl (C=O) groups is 2. The summed E-state index contributed by atoms with van der Waals surface area (Å²) in [5, 5.41) is 3.65. The molecule has 0 fully saturated rings. The summed E-state index contributed by atoms with van der Waals surface area (Å²) < 4.78 is 34.5. The van der Waals surface area contributed by atoms with Gasteiger partial charge in [-0.1, -0.05) is 66.4 Å². The van der Waals surface area contributed by atoms with Gasteiger partial charge in [0.25, 0.3) is 10.0 Å². The summed E-state index contributed by atoms with van der Waals surface area (Å²) in [5.41, 5.74) is 1.70. The Balaban J connectivity index is 2.06. The maximum absolute atomic E-state index is 14.0. The monoisotopic (exact) mass is 619 g/mol. The Morgan fingerprint density at radius 3 is 2.22 bits per heavy atom. The Bertz CT molecular complexity index is 1450. The Morgan fingerprint density at radius 1 is 0.976 bits per heavy atom. The third-order valence-electron chi connectivity index (χ3n) is 6.56. The molecule has 0 aliphatic carbocycles. The van der Waals surface area contributed by atoms with Crippen molar-refractivity contribution in [3.8, 4) is 5.75 Å².